The second-order valence-electron chi connectivity index (χ2n) is 8.23. The third-order valence-corrected chi connectivity index (χ3v) is 9.28. The van der Waals surface area contributed by atoms with E-state index in [1.165, 1.54) is 27.2 Å². The molecule has 3 aromatic heterocycles. The summed E-state index contributed by atoms with van der Waals surface area (Å²) in [5.74, 6) is 0. The Labute approximate surface area is 241 Å². The van der Waals surface area contributed by atoms with Crippen molar-refractivity contribution in [2.45, 2.75) is 15.5 Å². The number of sulfonamides is 3. The fraction of sp³-hybridized carbons (Fsp3) is 0.120. The lowest BCUT2D eigenvalue weighted by molar-refractivity contribution is 0.455. The van der Waals surface area contributed by atoms with Crippen LogP contribution < -0.4 is 14.2 Å². The van der Waals surface area contributed by atoms with E-state index in [2.05, 4.69) is 29.1 Å². The molecular formula is C25H26N6O8S3. The van der Waals surface area contributed by atoms with Gasteiger partial charge in [-0.25, -0.2) is 44.4 Å². The minimum absolute atomic E-state index is 0.0544. The molecule has 6 aromatic rings. The van der Waals surface area contributed by atoms with Gasteiger partial charge in [0.15, 0.2) is 5.58 Å². The number of H-pyrrole nitrogens is 1. The summed E-state index contributed by atoms with van der Waals surface area (Å²) in [6.45, 7) is 0. The number of fused-ring (bicyclic) bond motifs is 3. The molecule has 0 radical (unpaired) electrons. The van der Waals surface area contributed by atoms with E-state index in [0.717, 1.165) is 5.39 Å². The number of hydrogen-bond donors (Lipinski definition) is 4. The molecule has 0 amide bonds. The average molecular weight is 635 g/mol. The standard InChI is InChI=1S/C9H9NO3S.C8H9N3O2S.C8H8N2O3S/c1-10-14(11,12)9-6-7-4-2-3-5-8(7)13-9;1-9-14(12,13)8-10-6-4-2-3-5-7(6)11-8;1-9-14(11,12)8-10-6-4-2-3-5-7(6)13-8/h2-6,10H,1H3;2-5,9H,1H3,(H,10,11);2-5,9H,1H3. The molecule has 17 heteroatoms. The van der Waals surface area contributed by atoms with Gasteiger partial charge >= 0.3 is 5.22 Å². The Balaban J connectivity index is 0.000000145. The third kappa shape index (κ3) is 6.84. The van der Waals surface area contributed by atoms with Gasteiger partial charge in [-0.2, -0.15) is 4.98 Å². The van der Waals surface area contributed by atoms with Crippen LogP contribution in [0.2, 0.25) is 0 Å². The molecule has 3 heterocycles. The SMILES string of the molecule is CNS(=O)(=O)c1cc2ccccc2o1.CNS(=O)(=O)c1nc2ccccc2[nH]1.CNS(=O)(=O)c1nc2ccccc2o1. The number of hydrogen-bond acceptors (Lipinski definition) is 10. The molecule has 222 valence electrons. The minimum Gasteiger partial charge on any atom is -0.443 e. The van der Waals surface area contributed by atoms with Crippen molar-refractivity contribution in [3.8, 4) is 0 Å². The number of furan rings is 1. The summed E-state index contributed by atoms with van der Waals surface area (Å²) in [7, 11) is -6.53. The lowest BCUT2D eigenvalue weighted by Gasteiger charge is -1.94. The highest BCUT2D eigenvalue weighted by Crippen LogP contribution is 2.22. The van der Waals surface area contributed by atoms with Crippen molar-refractivity contribution < 1.29 is 34.1 Å². The van der Waals surface area contributed by atoms with E-state index >= 15 is 0 Å². The summed E-state index contributed by atoms with van der Waals surface area (Å²) in [4.78, 5) is 10.5. The van der Waals surface area contributed by atoms with Crippen molar-refractivity contribution in [3.63, 3.8) is 0 Å². The predicted molar refractivity (Wildman–Crippen MR) is 155 cm³/mol. The molecule has 0 aliphatic heterocycles. The first-order valence-electron chi connectivity index (χ1n) is 12.0. The van der Waals surface area contributed by atoms with Crippen LogP contribution in [0.4, 0.5) is 0 Å². The highest BCUT2D eigenvalue weighted by Gasteiger charge is 2.19. The Morgan fingerprint density at radius 3 is 1.79 bits per heavy atom. The maximum atomic E-state index is 11.4. The van der Waals surface area contributed by atoms with E-state index in [1.807, 2.05) is 12.1 Å². The van der Waals surface area contributed by atoms with Gasteiger partial charge in [-0.05, 0) is 51.5 Å². The van der Waals surface area contributed by atoms with Gasteiger partial charge in [0.25, 0.3) is 30.1 Å². The first kappa shape index (κ1) is 30.8. The van der Waals surface area contributed by atoms with Gasteiger partial charge in [0.05, 0.1) is 11.0 Å². The van der Waals surface area contributed by atoms with Gasteiger partial charge in [0.1, 0.15) is 11.1 Å². The van der Waals surface area contributed by atoms with Gasteiger partial charge in [-0.1, -0.05) is 42.5 Å². The third-order valence-electron chi connectivity index (χ3n) is 5.60. The molecule has 3 aromatic carbocycles. The summed E-state index contributed by atoms with van der Waals surface area (Å²) < 4.78 is 84.8. The number of nitrogens with zero attached hydrogens (tertiary/aromatic N) is 2. The molecule has 0 bridgehead atoms. The molecule has 0 fully saturated rings. The first-order valence-corrected chi connectivity index (χ1v) is 16.4. The summed E-state index contributed by atoms with van der Waals surface area (Å²) in [6, 6.07) is 22.7. The number of oxazole rings is 1. The van der Waals surface area contributed by atoms with Crippen LogP contribution in [0.15, 0.2) is 103 Å². The smallest absolute Gasteiger partial charge is 0.331 e. The van der Waals surface area contributed by atoms with Crippen LogP contribution in [0.3, 0.4) is 0 Å². The van der Waals surface area contributed by atoms with E-state index in [4.69, 9.17) is 8.83 Å². The fourth-order valence-corrected chi connectivity index (χ4v) is 5.33. The zero-order valence-corrected chi connectivity index (χ0v) is 24.8. The van der Waals surface area contributed by atoms with Crippen LogP contribution in [0.1, 0.15) is 0 Å². The van der Waals surface area contributed by atoms with E-state index in [-0.39, 0.29) is 15.5 Å². The van der Waals surface area contributed by atoms with Crippen LogP contribution in [0.25, 0.3) is 33.1 Å². The summed E-state index contributed by atoms with van der Waals surface area (Å²) in [5.41, 5.74) is 2.91. The highest BCUT2D eigenvalue weighted by atomic mass is 32.2. The number of aromatic nitrogens is 3. The van der Waals surface area contributed by atoms with E-state index in [0.29, 0.717) is 27.7 Å². The number of benzene rings is 3. The molecule has 0 aliphatic rings. The lowest BCUT2D eigenvalue weighted by atomic mass is 10.3. The fourth-order valence-electron chi connectivity index (χ4n) is 3.40. The van der Waals surface area contributed by atoms with E-state index < -0.39 is 30.1 Å². The van der Waals surface area contributed by atoms with Crippen molar-refractivity contribution in [3.05, 3.63) is 78.9 Å². The van der Waals surface area contributed by atoms with Crippen LogP contribution in [0, 0.1) is 0 Å². The first-order chi connectivity index (χ1) is 19.9. The highest BCUT2D eigenvalue weighted by molar-refractivity contribution is 7.89. The summed E-state index contributed by atoms with van der Waals surface area (Å²) in [5, 5.41) is 0.366. The molecule has 14 nitrogen and oxygen atoms in total. The zero-order chi connectivity index (χ0) is 30.5. The monoisotopic (exact) mass is 634 g/mol. The maximum Gasteiger partial charge on any atom is 0.331 e. The predicted octanol–water partition coefficient (Wildman–Crippen LogP) is 2.55. The van der Waals surface area contributed by atoms with Crippen molar-refractivity contribution in [2.24, 2.45) is 0 Å². The normalized spacial score (nSPS) is 12.1. The number of aromatic amines is 1. The topological polar surface area (TPSA) is 206 Å². The zero-order valence-electron chi connectivity index (χ0n) is 22.4. The summed E-state index contributed by atoms with van der Waals surface area (Å²) >= 11 is 0. The van der Waals surface area contributed by atoms with Crippen LogP contribution in [-0.4, -0.2) is 61.3 Å². The Morgan fingerprint density at radius 1 is 0.619 bits per heavy atom. The second kappa shape index (κ2) is 12.4. The molecule has 4 N–H and O–H groups in total. The van der Waals surface area contributed by atoms with Gasteiger partial charge in [-0.15, -0.1) is 0 Å². The maximum absolute atomic E-state index is 11.4. The van der Waals surface area contributed by atoms with Crippen molar-refractivity contribution in [1.29, 1.82) is 0 Å². The Hall–Kier alpha value is -4.13. The number of para-hydroxylation sites is 5. The Kier molecular flexibility index (Phi) is 9.09. The van der Waals surface area contributed by atoms with Gasteiger partial charge < -0.3 is 13.8 Å². The van der Waals surface area contributed by atoms with E-state index in [9.17, 15) is 25.3 Å². The molecule has 0 aliphatic carbocycles. The Bertz CT molecular complexity index is 1820. The van der Waals surface area contributed by atoms with Gasteiger partial charge in [0, 0.05) is 11.5 Å². The molecule has 0 spiro atoms. The molecule has 6 rings (SSSR count). The largest absolute Gasteiger partial charge is 0.443 e. The molecule has 0 atom stereocenters. The van der Waals surface area contributed by atoms with E-state index in [1.54, 1.807) is 60.7 Å². The van der Waals surface area contributed by atoms with Crippen molar-refractivity contribution >= 4 is 63.2 Å². The minimum atomic E-state index is -3.59. The second-order valence-corrected chi connectivity index (χ2v) is 13.6. The number of imidazole rings is 1. The molecular weight excluding hydrogens is 609 g/mol. The molecule has 0 unspecified atom stereocenters. The quantitative estimate of drug-likeness (QED) is 0.211. The summed E-state index contributed by atoms with van der Waals surface area (Å²) in [6.07, 6.45) is 0. The van der Waals surface area contributed by atoms with Crippen LogP contribution in [0.5, 0.6) is 0 Å². The number of rotatable bonds is 6. The lowest BCUT2D eigenvalue weighted by Crippen LogP contribution is -2.19. The van der Waals surface area contributed by atoms with Crippen molar-refractivity contribution in [2.75, 3.05) is 21.1 Å². The molecule has 0 saturated carbocycles. The van der Waals surface area contributed by atoms with Crippen LogP contribution >= 0.6 is 0 Å². The number of nitrogens with one attached hydrogen (secondary N) is 4. The van der Waals surface area contributed by atoms with Crippen LogP contribution in [-0.2, 0) is 30.1 Å². The molecule has 42 heavy (non-hydrogen) atoms. The Morgan fingerprint density at radius 2 is 1.19 bits per heavy atom. The molecule has 0 saturated heterocycles. The average Bonchev–Trinajstić information content (AvgIpc) is 3.74. The van der Waals surface area contributed by atoms with Crippen molar-refractivity contribution in [1.82, 2.24) is 29.1 Å². The van der Waals surface area contributed by atoms with Gasteiger partial charge in [-0.3, -0.25) is 0 Å². The van der Waals surface area contributed by atoms with Gasteiger partial charge in [0.2, 0.25) is 10.2 Å².